The molecule has 0 amide bonds. The highest BCUT2D eigenvalue weighted by Crippen LogP contribution is 2.42. The molecule has 1 aliphatic heterocycles. The summed E-state index contributed by atoms with van der Waals surface area (Å²) in [7, 11) is 0. The van der Waals surface area contributed by atoms with Gasteiger partial charge in [-0.25, -0.2) is 9.48 Å². The Balaban J connectivity index is 1.72. The number of hydrogen-bond donors (Lipinski definition) is 0. The lowest BCUT2D eigenvalue weighted by molar-refractivity contribution is -0.423. The predicted molar refractivity (Wildman–Crippen MR) is 188 cm³/mol. The van der Waals surface area contributed by atoms with E-state index < -0.39 is 0 Å². The number of unbranched alkanes of at least 4 members (excludes halogenated alkanes) is 4. The van der Waals surface area contributed by atoms with E-state index in [-0.39, 0.29) is 0 Å². The van der Waals surface area contributed by atoms with Crippen molar-refractivity contribution in [3.05, 3.63) is 99.2 Å². The zero-order valence-corrected chi connectivity index (χ0v) is 26.8. The van der Waals surface area contributed by atoms with Crippen LogP contribution >= 0.6 is 0 Å². The zero-order chi connectivity index (χ0) is 31.7. The number of benzene rings is 3. The molecule has 0 bridgehead atoms. The number of anilines is 1. The second kappa shape index (κ2) is 18.4. The topological polar surface area (TPSA) is 43.2 Å². The Bertz CT molecular complexity index is 1420. The van der Waals surface area contributed by atoms with Crippen LogP contribution in [0.4, 0.5) is 11.4 Å². The molecule has 3 aromatic carbocycles. The maximum absolute atomic E-state index is 6.41. The summed E-state index contributed by atoms with van der Waals surface area (Å²) in [6, 6.07) is 16.6. The molecule has 238 valence electrons. The molecule has 45 heavy (non-hydrogen) atoms. The summed E-state index contributed by atoms with van der Waals surface area (Å²) >= 11 is 0. The van der Waals surface area contributed by atoms with Crippen LogP contribution in [0.25, 0.3) is 10.8 Å². The molecule has 6 nitrogen and oxygen atoms in total. The van der Waals surface area contributed by atoms with Crippen molar-refractivity contribution in [3.8, 4) is 23.0 Å². The van der Waals surface area contributed by atoms with Gasteiger partial charge in [-0.2, -0.15) is 0 Å². The first kappa shape index (κ1) is 33.4. The molecular weight excluding hydrogens is 560 g/mol. The second-order valence-corrected chi connectivity index (χ2v) is 11.0. The molecule has 0 fully saturated rings. The standard InChI is InChI=1S/C39H49N2O4/c1-5-9-13-26-42-33-22-20-32-21-23-37(45-29-16-12-8-4)38(34(32)30-33)40-24-25-41(31-40)39-35(43-27-14-10-6-2)18-17-19-36(39)44-28-15-11-7-3/h5-8,17-23,30-31H,1-4,9-16,24-29H2/q+1. The maximum Gasteiger partial charge on any atom is 0.245 e. The van der Waals surface area contributed by atoms with Crippen LogP contribution in [-0.4, -0.2) is 50.4 Å². The van der Waals surface area contributed by atoms with E-state index in [9.17, 15) is 0 Å². The summed E-state index contributed by atoms with van der Waals surface area (Å²) in [4.78, 5) is 2.24. The van der Waals surface area contributed by atoms with Gasteiger partial charge in [0, 0.05) is 5.39 Å². The largest absolute Gasteiger partial charge is 0.494 e. The predicted octanol–water partition coefficient (Wildman–Crippen LogP) is 9.41. The highest BCUT2D eigenvalue weighted by molar-refractivity contribution is 5.96. The smallest absolute Gasteiger partial charge is 0.245 e. The van der Waals surface area contributed by atoms with Gasteiger partial charge in [0.1, 0.15) is 18.8 Å². The number of rotatable bonds is 22. The molecule has 0 atom stereocenters. The van der Waals surface area contributed by atoms with Crippen molar-refractivity contribution in [1.82, 2.24) is 0 Å². The fourth-order valence-electron chi connectivity index (χ4n) is 5.27. The molecule has 0 unspecified atom stereocenters. The van der Waals surface area contributed by atoms with E-state index in [0.29, 0.717) is 26.4 Å². The van der Waals surface area contributed by atoms with Crippen molar-refractivity contribution < 1.29 is 23.5 Å². The molecule has 6 heteroatoms. The van der Waals surface area contributed by atoms with Crippen LogP contribution in [0.1, 0.15) is 51.4 Å². The zero-order valence-electron chi connectivity index (χ0n) is 26.8. The Morgan fingerprint density at radius 2 is 1.18 bits per heavy atom. The van der Waals surface area contributed by atoms with Gasteiger partial charge in [0.2, 0.25) is 12.0 Å². The molecule has 3 aromatic rings. The molecule has 0 aromatic heterocycles. The Kier molecular flexibility index (Phi) is 13.7. The molecule has 0 aliphatic carbocycles. The van der Waals surface area contributed by atoms with Crippen molar-refractivity contribution in [2.24, 2.45) is 0 Å². The van der Waals surface area contributed by atoms with Crippen LogP contribution < -0.4 is 23.8 Å². The minimum Gasteiger partial charge on any atom is -0.494 e. The van der Waals surface area contributed by atoms with Crippen molar-refractivity contribution in [1.29, 1.82) is 0 Å². The first-order valence-electron chi connectivity index (χ1n) is 16.2. The summed E-state index contributed by atoms with van der Waals surface area (Å²) in [5, 5.41) is 2.22. The third kappa shape index (κ3) is 9.52. The highest BCUT2D eigenvalue weighted by atomic mass is 16.5. The van der Waals surface area contributed by atoms with Gasteiger partial charge >= 0.3 is 0 Å². The average Bonchev–Trinajstić information content (AvgIpc) is 3.54. The van der Waals surface area contributed by atoms with E-state index in [4.69, 9.17) is 18.9 Å². The van der Waals surface area contributed by atoms with Crippen LogP contribution in [0.2, 0.25) is 0 Å². The molecule has 1 aliphatic rings. The fraction of sp³-hybridized carbons (Fsp3) is 0.359. The highest BCUT2D eigenvalue weighted by Gasteiger charge is 2.31. The van der Waals surface area contributed by atoms with Crippen molar-refractivity contribution >= 4 is 28.5 Å². The van der Waals surface area contributed by atoms with E-state index in [1.54, 1.807) is 0 Å². The number of nitrogens with zero attached hydrogens (tertiary/aromatic N) is 2. The first-order chi connectivity index (χ1) is 22.2. The van der Waals surface area contributed by atoms with Crippen LogP contribution in [0, 0.1) is 0 Å². The maximum atomic E-state index is 6.41. The number of para-hydroxylation sites is 1. The average molecular weight is 610 g/mol. The van der Waals surface area contributed by atoms with Gasteiger partial charge in [-0.3, -0.25) is 0 Å². The Morgan fingerprint density at radius 1 is 0.644 bits per heavy atom. The quantitative estimate of drug-likeness (QED) is 0.0645. The first-order valence-corrected chi connectivity index (χ1v) is 16.2. The van der Waals surface area contributed by atoms with Gasteiger partial charge in [0.05, 0.1) is 26.4 Å². The molecule has 4 rings (SSSR count). The number of allylic oxidation sites excluding steroid dienone is 4. The molecule has 1 heterocycles. The molecule has 0 saturated carbocycles. The SMILES string of the molecule is C=CCCCOc1ccc2ccc(OCCCC=C)c([N+]3=CN(c4c(OCCCC=C)cccc4OCCCC=C)CC3)c2c1. The van der Waals surface area contributed by atoms with E-state index >= 15 is 0 Å². The van der Waals surface area contributed by atoms with Gasteiger partial charge in [0.25, 0.3) is 0 Å². The van der Waals surface area contributed by atoms with Crippen molar-refractivity contribution in [3.63, 3.8) is 0 Å². The summed E-state index contributed by atoms with van der Waals surface area (Å²) in [5.74, 6) is 3.32. The molecule has 0 radical (unpaired) electrons. The lowest BCUT2D eigenvalue weighted by Gasteiger charge is -2.17. The van der Waals surface area contributed by atoms with Crippen LogP contribution in [0.5, 0.6) is 23.0 Å². The van der Waals surface area contributed by atoms with Gasteiger partial charge in [-0.1, -0.05) is 42.5 Å². The number of fused-ring (bicyclic) bond motifs is 1. The van der Waals surface area contributed by atoms with E-state index in [0.717, 1.165) is 110 Å². The molecule has 0 saturated heterocycles. The second-order valence-electron chi connectivity index (χ2n) is 11.0. The minimum absolute atomic E-state index is 0.609. The molecule has 0 N–H and O–H groups in total. The normalized spacial score (nSPS) is 12.4. The van der Waals surface area contributed by atoms with Gasteiger partial charge in [-0.15, -0.1) is 26.3 Å². The Hall–Kier alpha value is -4.45. The lowest BCUT2D eigenvalue weighted by atomic mass is 10.1. The summed E-state index contributed by atoms with van der Waals surface area (Å²) in [5.41, 5.74) is 1.97. The third-order valence-electron chi connectivity index (χ3n) is 7.58. The van der Waals surface area contributed by atoms with Gasteiger partial charge in [0.15, 0.2) is 22.9 Å². The summed E-state index contributed by atoms with van der Waals surface area (Å²) in [6.45, 7) is 19.4. The van der Waals surface area contributed by atoms with Crippen molar-refractivity contribution in [2.75, 3.05) is 44.4 Å². The van der Waals surface area contributed by atoms with Crippen molar-refractivity contribution in [2.45, 2.75) is 51.4 Å². The van der Waals surface area contributed by atoms with E-state index in [2.05, 4.69) is 66.4 Å². The minimum atomic E-state index is 0.609. The van der Waals surface area contributed by atoms with E-state index in [1.165, 1.54) is 0 Å². The fourth-order valence-corrected chi connectivity index (χ4v) is 5.27. The lowest BCUT2D eigenvalue weighted by Crippen LogP contribution is -2.20. The molecular formula is C39H49N2O4+. The van der Waals surface area contributed by atoms with Crippen LogP contribution in [0.3, 0.4) is 0 Å². The van der Waals surface area contributed by atoms with Crippen LogP contribution in [-0.2, 0) is 0 Å². The number of hydrogen-bond acceptors (Lipinski definition) is 5. The third-order valence-corrected chi connectivity index (χ3v) is 7.58. The summed E-state index contributed by atoms with van der Waals surface area (Å²) in [6.07, 6.45) is 17.2. The summed E-state index contributed by atoms with van der Waals surface area (Å²) < 4.78 is 27.5. The van der Waals surface area contributed by atoms with E-state index in [1.807, 2.05) is 48.6 Å². The monoisotopic (exact) mass is 609 g/mol. The Labute approximate surface area is 269 Å². The van der Waals surface area contributed by atoms with Gasteiger partial charge < -0.3 is 18.9 Å². The Morgan fingerprint density at radius 3 is 1.76 bits per heavy atom. The molecule has 0 spiro atoms. The van der Waals surface area contributed by atoms with Gasteiger partial charge in [-0.05, 0) is 87.1 Å². The van der Waals surface area contributed by atoms with Crippen LogP contribution in [0.15, 0.2) is 99.2 Å². The number of ether oxygens (including phenoxy) is 4.